The highest BCUT2D eigenvalue weighted by molar-refractivity contribution is 4.97. The van der Waals surface area contributed by atoms with Crippen molar-refractivity contribution in [3.05, 3.63) is 0 Å². The van der Waals surface area contributed by atoms with E-state index in [1.54, 1.807) is 0 Å². The van der Waals surface area contributed by atoms with Crippen LogP contribution < -0.4 is 5.32 Å². The van der Waals surface area contributed by atoms with Crippen LogP contribution in [0, 0.1) is 0 Å². The number of hydrogen-bond acceptors (Lipinski definition) is 3. The SMILES string of the molecule is CCNC1(CO)CCC(OC(C)(C)CC)C1. The molecule has 1 aliphatic rings. The predicted octanol–water partition coefficient (Wildman–Crippen LogP) is 2.08. The lowest BCUT2D eigenvalue weighted by atomic mass is 9.98. The van der Waals surface area contributed by atoms with Crippen molar-refractivity contribution in [1.82, 2.24) is 5.32 Å². The van der Waals surface area contributed by atoms with E-state index in [9.17, 15) is 5.11 Å². The molecule has 0 aromatic heterocycles. The minimum absolute atomic E-state index is 0.0393. The van der Waals surface area contributed by atoms with Crippen molar-refractivity contribution in [1.29, 1.82) is 0 Å². The average molecular weight is 229 g/mol. The Morgan fingerprint density at radius 1 is 1.44 bits per heavy atom. The van der Waals surface area contributed by atoms with E-state index in [4.69, 9.17) is 4.74 Å². The monoisotopic (exact) mass is 229 g/mol. The van der Waals surface area contributed by atoms with Gasteiger partial charge in [-0.05, 0) is 46.1 Å². The fourth-order valence-corrected chi connectivity index (χ4v) is 2.45. The molecule has 0 aliphatic heterocycles. The molecule has 1 rings (SSSR count). The lowest BCUT2D eigenvalue weighted by molar-refractivity contribution is -0.0734. The summed E-state index contributed by atoms with van der Waals surface area (Å²) in [6.07, 6.45) is 4.32. The number of likely N-dealkylation sites (N-methyl/N-ethyl adjacent to an activating group) is 1. The number of nitrogens with one attached hydrogen (secondary N) is 1. The van der Waals surface area contributed by atoms with Gasteiger partial charge >= 0.3 is 0 Å². The molecule has 0 saturated heterocycles. The van der Waals surface area contributed by atoms with E-state index in [2.05, 4.69) is 33.0 Å². The standard InChI is InChI=1S/C13H27NO2/c1-5-12(3,4)16-11-7-8-13(9-11,10-15)14-6-2/h11,14-15H,5-10H2,1-4H3. The molecule has 0 spiro atoms. The fourth-order valence-electron chi connectivity index (χ4n) is 2.45. The normalized spacial score (nSPS) is 30.9. The molecule has 2 atom stereocenters. The zero-order valence-corrected chi connectivity index (χ0v) is 11.2. The highest BCUT2D eigenvalue weighted by atomic mass is 16.5. The molecule has 0 bridgehead atoms. The van der Waals surface area contributed by atoms with Crippen molar-refractivity contribution in [2.45, 2.75) is 70.6 Å². The summed E-state index contributed by atoms with van der Waals surface area (Å²) in [4.78, 5) is 0. The highest BCUT2D eigenvalue weighted by Crippen LogP contribution is 2.34. The molecule has 1 fully saturated rings. The second-order valence-corrected chi connectivity index (χ2v) is 5.56. The van der Waals surface area contributed by atoms with Crippen LogP contribution in [0.1, 0.15) is 53.4 Å². The summed E-state index contributed by atoms with van der Waals surface area (Å²) in [7, 11) is 0. The van der Waals surface area contributed by atoms with Gasteiger partial charge in [0.05, 0.1) is 18.3 Å². The summed E-state index contributed by atoms with van der Waals surface area (Å²) in [5.41, 5.74) is -0.133. The maximum Gasteiger partial charge on any atom is 0.0627 e. The molecule has 0 radical (unpaired) electrons. The molecule has 0 amide bonds. The molecule has 2 unspecified atom stereocenters. The van der Waals surface area contributed by atoms with Gasteiger partial charge in [0, 0.05) is 5.54 Å². The highest BCUT2D eigenvalue weighted by Gasteiger charge is 2.40. The number of rotatable bonds is 6. The van der Waals surface area contributed by atoms with Crippen molar-refractivity contribution in [3.63, 3.8) is 0 Å². The van der Waals surface area contributed by atoms with Crippen LogP contribution in [0.3, 0.4) is 0 Å². The second-order valence-electron chi connectivity index (χ2n) is 5.56. The largest absolute Gasteiger partial charge is 0.394 e. The Morgan fingerprint density at radius 3 is 2.62 bits per heavy atom. The predicted molar refractivity (Wildman–Crippen MR) is 66.6 cm³/mol. The maximum atomic E-state index is 9.50. The summed E-state index contributed by atoms with van der Waals surface area (Å²) in [5, 5.41) is 12.9. The van der Waals surface area contributed by atoms with E-state index in [0.717, 1.165) is 32.2 Å². The molecule has 0 aromatic rings. The van der Waals surface area contributed by atoms with Gasteiger partial charge in [-0.15, -0.1) is 0 Å². The molecular formula is C13H27NO2. The fraction of sp³-hybridized carbons (Fsp3) is 1.00. The van der Waals surface area contributed by atoms with Crippen LogP contribution in [0.5, 0.6) is 0 Å². The Hall–Kier alpha value is -0.120. The lowest BCUT2D eigenvalue weighted by Crippen LogP contribution is -2.47. The zero-order valence-electron chi connectivity index (χ0n) is 11.2. The van der Waals surface area contributed by atoms with Crippen molar-refractivity contribution >= 4 is 0 Å². The molecule has 3 heteroatoms. The molecular weight excluding hydrogens is 202 g/mol. The van der Waals surface area contributed by atoms with Crippen molar-refractivity contribution in [2.24, 2.45) is 0 Å². The Labute approximate surface area is 99.6 Å². The van der Waals surface area contributed by atoms with Crippen molar-refractivity contribution in [2.75, 3.05) is 13.2 Å². The van der Waals surface area contributed by atoms with Crippen molar-refractivity contribution < 1.29 is 9.84 Å². The zero-order chi connectivity index (χ0) is 12.2. The summed E-state index contributed by atoms with van der Waals surface area (Å²) in [5.74, 6) is 0. The Balaban J connectivity index is 2.50. The van der Waals surface area contributed by atoms with E-state index in [0.29, 0.717) is 6.10 Å². The van der Waals surface area contributed by atoms with Crippen molar-refractivity contribution in [3.8, 4) is 0 Å². The molecule has 2 N–H and O–H groups in total. The Morgan fingerprint density at radius 2 is 2.12 bits per heavy atom. The summed E-state index contributed by atoms with van der Waals surface area (Å²) >= 11 is 0. The minimum Gasteiger partial charge on any atom is -0.394 e. The second kappa shape index (κ2) is 5.48. The third-order valence-electron chi connectivity index (χ3n) is 3.75. The van der Waals surface area contributed by atoms with Crippen LogP contribution in [0.15, 0.2) is 0 Å². The van der Waals surface area contributed by atoms with Crippen LogP contribution in [0.2, 0.25) is 0 Å². The molecule has 3 nitrogen and oxygen atoms in total. The topological polar surface area (TPSA) is 41.5 Å². The first-order valence-corrected chi connectivity index (χ1v) is 6.50. The van der Waals surface area contributed by atoms with Gasteiger partial charge in [0.15, 0.2) is 0 Å². The molecule has 16 heavy (non-hydrogen) atoms. The van der Waals surface area contributed by atoms with E-state index in [-0.39, 0.29) is 17.7 Å². The smallest absolute Gasteiger partial charge is 0.0627 e. The molecule has 96 valence electrons. The Bertz CT molecular complexity index is 218. The number of aliphatic hydroxyl groups excluding tert-OH is 1. The summed E-state index contributed by atoms with van der Waals surface area (Å²) in [6, 6.07) is 0. The molecule has 0 aromatic carbocycles. The van der Waals surface area contributed by atoms with E-state index < -0.39 is 0 Å². The quantitative estimate of drug-likeness (QED) is 0.733. The Kier molecular flexibility index (Phi) is 4.77. The number of aliphatic hydroxyl groups is 1. The first-order chi connectivity index (χ1) is 7.47. The van der Waals surface area contributed by atoms with E-state index >= 15 is 0 Å². The minimum atomic E-state index is -0.0940. The summed E-state index contributed by atoms with van der Waals surface area (Å²) < 4.78 is 6.10. The van der Waals surface area contributed by atoms with Crippen LogP contribution in [0.4, 0.5) is 0 Å². The van der Waals surface area contributed by atoms with Gasteiger partial charge in [0.2, 0.25) is 0 Å². The average Bonchev–Trinajstić information content (AvgIpc) is 2.62. The van der Waals surface area contributed by atoms with Crippen LogP contribution in [-0.4, -0.2) is 35.5 Å². The molecule has 0 heterocycles. The van der Waals surface area contributed by atoms with Crippen LogP contribution in [0.25, 0.3) is 0 Å². The van der Waals surface area contributed by atoms with Gasteiger partial charge in [-0.1, -0.05) is 13.8 Å². The van der Waals surface area contributed by atoms with Gasteiger partial charge in [-0.2, -0.15) is 0 Å². The number of hydrogen-bond donors (Lipinski definition) is 2. The van der Waals surface area contributed by atoms with Gasteiger partial charge in [-0.3, -0.25) is 0 Å². The molecule has 1 saturated carbocycles. The van der Waals surface area contributed by atoms with E-state index in [1.807, 2.05) is 0 Å². The van der Waals surface area contributed by atoms with Crippen LogP contribution in [-0.2, 0) is 4.74 Å². The lowest BCUT2D eigenvalue weighted by Gasteiger charge is -2.31. The number of ether oxygens (including phenoxy) is 1. The van der Waals surface area contributed by atoms with Gasteiger partial charge < -0.3 is 15.2 Å². The maximum absolute atomic E-state index is 9.50. The van der Waals surface area contributed by atoms with Crippen LogP contribution >= 0.6 is 0 Å². The van der Waals surface area contributed by atoms with Gasteiger partial charge in [0.1, 0.15) is 0 Å². The van der Waals surface area contributed by atoms with E-state index in [1.165, 1.54) is 0 Å². The molecule has 1 aliphatic carbocycles. The first kappa shape index (κ1) is 13.9. The third-order valence-corrected chi connectivity index (χ3v) is 3.75. The first-order valence-electron chi connectivity index (χ1n) is 6.50. The third kappa shape index (κ3) is 3.44. The van der Waals surface area contributed by atoms with Gasteiger partial charge in [0.25, 0.3) is 0 Å². The summed E-state index contributed by atoms with van der Waals surface area (Å²) in [6.45, 7) is 9.64. The van der Waals surface area contributed by atoms with Gasteiger partial charge in [-0.25, -0.2) is 0 Å².